The van der Waals surface area contributed by atoms with Gasteiger partial charge in [0.15, 0.2) is 11.5 Å². The minimum atomic E-state index is -0.287. The van der Waals surface area contributed by atoms with Crippen molar-refractivity contribution in [3.63, 3.8) is 0 Å². The first-order valence-electron chi connectivity index (χ1n) is 6.39. The van der Waals surface area contributed by atoms with E-state index < -0.39 is 0 Å². The Kier molecular flexibility index (Phi) is 5.12. The molecule has 4 nitrogen and oxygen atoms in total. The van der Waals surface area contributed by atoms with Crippen molar-refractivity contribution in [2.45, 2.75) is 0 Å². The molecule has 0 unspecified atom stereocenters. The molecule has 0 saturated heterocycles. The molecule has 110 valence electrons. The van der Waals surface area contributed by atoms with Gasteiger partial charge < -0.3 is 9.84 Å². The lowest BCUT2D eigenvalue weighted by Crippen LogP contribution is -1.98. The zero-order chi connectivity index (χ0) is 15.9. The molecule has 5 heteroatoms. The summed E-state index contributed by atoms with van der Waals surface area (Å²) in [6.07, 6.45) is 4.82. The van der Waals surface area contributed by atoms with Gasteiger partial charge in [0, 0.05) is 0 Å². The summed E-state index contributed by atoms with van der Waals surface area (Å²) in [4.78, 5) is 12.6. The highest BCUT2D eigenvalue weighted by Gasteiger charge is 2.11. The maximum absolute atomic E-state index is 12.1. The highest BCUT2D eigenvalue weighted by molar-refractivity contribution is 7.12. The number of aromatic hydroxyl groups is 1. The summed E-state index contributed by atoms with van der Waals surface area (Å²) >= 11 is 1.30. The number of phenols is 1. The summed E-state index contributed by atoms with van der Waals surface area (Å²) in [5, 5.41) is 20.4. The monoisotopic (exact) mass is 311 g/mol. The van der Waals surface area contributed by atoms with Gasteiger partial charge in [-0.15, -0.1) is 11.3 Å². The number of rotatable bonds is 5. The Hall–Kier alpha value is -2.84. The van der Waals surface area contributed by atoms with Crippen LogP contribution in [0, 0.1) is 11.3 Å². The number of methoxy groups -OCH3 is 1. The number of carbonyl (C=O) groups excluding carboxylic acids is 1. The van der Waals surface area contributed by atoms with Crippen LogP contribution in [0.25, 0.3) is 6.08 Å². The highest BCUT2D eigenvalue weighted by atomic mass is 32.1. The van der Waals surface area contributed by atoms with Gasteiger partial charge in [-0.25, -0.2) is 0 Å². The van der Waals surface area contributed by atoms with E-state index in [0.717, 1.165) is 5.56 Å². The highest BCUT2D eigenvalue weighted by Crippen LogP contribution is 2.26. The Balaban J connectivity index is 2.18. The molecule has 0 saturated carbocycles. The molecule has 0 bridgehead atoms. The first-order valence-corrected chi connectivity index (χ1v) is 7.27. The summed E-state index contributed by atoms with van der Waals surface area (Å²) in [6, 6.07) is 10.2. The number of nitriles is 1. The van der Waals surface area contributed by atoms with E-state index in [-0.39, 0.29) is 17.1 Å². The Morgan fingerprint density at radius 3 is 2.86 bits per heavy atom. The van der Waals surface area contributed by atoms with Crippen LogP contribution in [-0.4, -0.2) is 18.0 Å². The average Bonchev–Trinajstić information content (AvgIpc) is 3.07. The van der Waals surface area contributed by atoms with Crippen molar-refractivity contribution in [3.8, 4) is 17.6 Å². The van der Waals surface area contributed by atoms with Gasteiger partial charge in [-0.2, -0.15) is 5.26 Å². The van der Waals surface area contributed by atoms with E-state index in [1.165, 1.54) is 30.6 Å². The molecule has 2 rings (SSSR count). The number of ether oxygens (including phenoxy) is 1. The molecular weight excluding hydrogens is 298 g/mol. The van der Waals surface area contributed by atoms with E-state index in [1.54, 1.807) is 41.8 Å². The van der Waals surface area contributed by atoms with Crippen LogP contribution in [0.4, 0.5) is 0 Å². The molecule has 2 aromatic rings. The molecule has 0 fully saturated rings. The lowest BCUT2D eigenvalue weighted by atomic mass is 10.1. The second kappa shape index (κ2) is 7.25. The summed E-state index contributed by atoms with van der Waals surface area (Å²) in [5.74, 6) is 0.132. The van der Waals surface area contributed by atoms with Crippen LogP contribution >= 0.6 is 11.3 Å². The van der Waals surface area contributed by atoms with Crippen molar-refractivity contribution < 1.29 is 14.6 Å². The van der Waals surface area contributed by atoms with Crippen LogP contribution < -0.4 is 4.74 Å². The molecule has 1 aromatic heterocycles. The molecule has 0 aliphatic carbocycles. The Bertz CT molecular complexity index is 768. The summed E-state index contributed by atoms with van der Waals surface area (Å²) < 4.78 is 5.02. The second-order valence-corrected chi connectivity index (χ2v) is 5.24. The quantitative estimate of drug-likeness (QED) is 0.394. The predicted octanol–water partition coefficient (Wildman–Crippen LogP) is 3.81. The number of allylic oxidation sites excluding steroid dienone is 3. The third kappa shape index (κ3) is 3.62. The number of nitrogens with zero attached hydrogens (tertiary/aromatic N) is 1. The summed E-state index contributed by atoms with van der Waals surface area (Å²) in [7, 11) is 1.47. The number of Topliss-reactive ketones (excluding diaryl/α,β-unsaturated/α-hetero) is 1. The Labute approximate surface area is 132 Å². The molecule has 1 heterocycles. The number of ketones is 1. The SMILES string of the molecule is COc1cc(/C=C/C=C(/C#N)C(=O)c2cccs2)ccc1O. The number of hydrogen-bond acceptors (Lipinski definition) is 5. The normalized spacial score (nSPS) is 11.4. The van der Waals surface area contributed by atoms with Crippen molar-refractivity contribution >= 4 is 23.2 Å². The number of benzene rings is 1. The van der Waals surface area contributed by atoms with Crippen LogP contribution in [0.1, 0.15) is 15.2 Å². The number of phenolic OH excluding ortho intramolecular Hbond substituents is 1. The molecular formula is C17H13NO3S. The topological polar surface area (TPSA) is 70.3 Å². The van der Waals surface area contributed by atoms with Gasteiger partial charge in [-0.05, 0) is 35.2 Å². The standard InChI is InChI=1S/C17H13NO3S/c1-21-15-10-12(7-8-14(15)19)4-2-5-13(11-18)17(20)16-6-3-9-22-16/h2-10,19H,1H3/b4-2+,13-5-. The maximum atomic E-state index is 12.1. The molecule has 0 atom stereocenters. The fourth-order valence-corrected chi connectivity index (χ4v) is 2.44. The van der Waals surface area contributed by atoms with Gasteiger partial charge in [-0.3, -0.25) is 4.79 Å². The van der Waals surface area contributed by atoms with Crippen LogP contribution in [-0.2, 0) is 0 Å². The zero-order valence-electron chi connectivity index (χ0n) is 11.8. The third-order valence-corrected chi connectivity index (χ3v) is 3.73. The number of hydrogen-bond donors (Lipinski definition) is 1. The largest absolute Gasteiger partial charge is 0.504 e. The van der Waals surface area contributed by atoms with E-state index in [0.29, 0.717) is 10.6 Å². The molecule has 0 radical (unpaired) electrons. The average molecular weight is 311 g/mol. The molecule has 1 aromatic carbocycles. The van der Waals surface area contributed by atoms with Crippen molar-refractivity contribution in [2.75, 3.05) is 7.11 Å². The van der Waals surface area contributed by atoms with Gasteiger partial charge in [0.25, 0.3) is 0 Å². The van der Waals surface area contributed by atoms with Crippen molar-refractivity contribution in [1.29, 1.82) is 5.26 Å². The third-order valence-electron chi connectivity index (χ3n) is 2.87. The lowest BCUT2D eigenvalue weighted by molar-refractivity contribution is 0.104. The van der Waals surface area contributed by atoms with Gasteiger partial charge in [0.05, 0.1) is 12.0 Å². The van der Waals surface area contributed by atoms with E-state index in [2.05, 4.69) is 0 Å². The van der Waals surface area contributed by atoms with Crippen LogP contribution in [0.5, 0.6) is 11.5 Å². The lowest BCUT2D eigenvalue weighted by Gasteiger charge is -2.03. The van der Waals surface area contributed by atoms with E-state index in [9.17, 15) is 9.90 Å². The summed E-state index contributed by atoms with van der Waals surface area (Å²) in [5.41, 5.74) is 0.858. The van der Waals surface area contributed by atoms with Crippen LogP contribution in [0.3, 0.4) is 0 Å². The van der Waals surface area contributed by atoms with Gasteiger partial charge >= 0.3 is 0 Å². The minimum Gasteiger partial charge on any atom is -0.504 e. The van der Waals surface area contributed by atoms with E-state index in [4.69, 9.17) is 10.00 Å². The van der Waals surface area contributed by atoms with Crippen molar-refractivity contribution in [2.24, 2.45) is 0 Å². The van der Waals surface area contributed by atoms with Crippen LogP contribution in [0.2, 0.25) is 0 Å². The van der Waals surface area contributed by atoms with Crippen molar-refractivity contribution in [3.05, 3.63) is 63.9 Å². The smallest absolute Gasteiger partial charge is 0.213 e. The van der Waals surface area contributed by atoms with Crippen molar-refractivity contribution in [1.82, 2.24) is 0 Å². The zero-order valence-corrected chi connectivity index (χ0v) is 12.6. The Morgan fingerprint density at radius 2 is 2.23 bits per heavy atom. The first kappa shape index (κ1) is 15.5. The summed E-state index contributed by atoms with van der Waals surface area (Å²) in [6.45, 7) is 0. The first-order chi connectivity index (χ1) is 10.7. The fourth-order valence-electron chi connectivity index (χ4n) is 1.76. The molecule has 0 spiro atoms. The second-order valence-electron chi connectivity index (χ2n) is 4.29. The van der Waals surface area contributed by atoms with Gasteiger partial charge in [0.1, 0.15) is 11.6 Å². The minimum absolute atomic E-state index is 0.0563. The van der Waals surface area contributed by atoms with Crippen LogP contribution in [0.15, 0.2) is 53.4 Å². The Morgan fingerprint density at radius 1 is 1.41 bits per heavy atom. The number of thiophene rings is 1. The fraction of sp³-hybridized carbons (Fsp3) is 0.0588. The number of carbonyl (C=O) groups is 1. The molecule has 0 aliphatic rings. The maximum Gasteiger partial charge on any atom is 0.213 e. The van der Waals surface area contributed by atoms with Gasteiger partial charge in [0.2, 0.25) is 5.78 Å². The molecule has 0 amide bonds. The molecule has 0 aliphatic heterocycles. The molecule has 22 heavy (non-hydrogen) atoms. The predicted molar refractivity (Wildman–Crippen MR) is 86.0 cm³/mol. The van der Waals surface area contributed by atoms with Gasteiger partial charge in [-0.1, -0.05) is 24.3 Å². The molecule has 1 N–H and O–H groups in total. The van der Waals surface area contributed by atoms with E-state index >= 15 is 0 Å². The van der Waals surface area contributed by atoms with E-state index in [1.807, 2.05) is 6.07 Å².